The molecule has 0 aliphatic heterocycles. The molecule has 1 aromatic carbocycles. The summed E-state index contributed by atoms with van der Waals surface area (Å²) >= 11 is 0. The Morgan fingerprint density at radius 1 is 1.21 bits per heavy atom. The second-order valence-corrected chi connectivity index (χ2v) is 6.30. The fraction of sp³-hybridized carbons (Fsp3) is 0.444. The van der Waals surface area contributed by atoms with Gasteiger partial charge < -0.3 is 19.9 Å². The Labute approximate surface area is 142 Å². The molecule has 2 amide bonds. The van der Waals surface area contributed by atoms with Crippen LogP contribution in [-0.2, 0) is 16.1 Å². The summed E-state index contributed by atoms with van der Waals surface area (Å²) < 4.78 is 1.90. The Morgan fingerprint density at radius 3 is 2.46 bits per heavy atom. The highest BCUT2D eigenvalue weighted by Gasteiger charge is 2.23. The van der Waals surface area contributed by atoms with E-state index in [9.17, 15) is 14.7 Å². The third-order valence-corrected chi connectivity index (χ3v) is 4.01. The number of amides is 2. The molecule has 6 heteroatoms. The Bertz CT molecular complexity index is 740. The number of nitrogens with zero attached hydrogens (tertiary/aromatic N) is 2. The van der Waals surface area contributed by atoms with Crippen molar-refractivity contribution in [1.29, 1.82) is 0 Å². The van der Waals surface area contributed by atoms with Crippen molar-refractivity contribution >= 4 is 28.4 Å². The second-order valence-electron chi connectivity index (χ2n) is 6.30. The molecule has 24 heavy (non-hydrogen) atoms. The molecule has 0 radical (unpaired) electrons. The predicted octanol–water partition coefficient (Wildman–Crippen LogP) is 2.22. The summed E-state index contributed by atoms with van der Waals surface area (Å²) in [7, 11) is 0. The van der Waals surface area contributed by atoms with Crippen molar-refractivity contribution in [3.8, 4) is 0 Å². The highest BCUT2D eigenvalue weighted by molar-refractivity contribution is 5.98. The first-order valence-electron chi connectivity index (χ1n) is 8.16. The van der Waals surface area contributed by atoms with Gasteiger partial charge in [-0.3, -0.25) is 9.59 Å². The van der Waals surface area contributed by atoms with Crippen molar-refractivity contribution in [2.24, 2.45) is 0 Å². The number of hydrogen-bond acceptors (Lipinski definition) is 3. The zero-order valence-electron chi connectivity index (χ0n) is 14.7. The van der Waals surface area contributed by atoms with Crippen LogP contribution in [0.3, 0.4) is 0 Å². The van der Waals surface area contributed by atoms with E-state index < -0.39 is 11.5 Å². The minimum Gasteiger partial charge on any atom is -0.381 e. The zero-order chi connectivity index (χ0) is 17.9. The van der Waals surface area contributed by atoms with Gasteiger partial charge in [0.25, 0.3) is 5.91 Å². The van der Waals surface area contributed by atoms with Crippen LogP contribution in [0.1, 0.15) is 27.7 Å². The first kappa shape index (κ1) is 18.0. The van der Waals surface area contributed by atoms with Crippen molar-refractivity contribution in [3.05, 3.63) is 30.5 Å². The van der Waals surface area contributed by atoms with E-state index in [1.807, 2.05) is 42.8 Å². The lowest BCUT2D eigenvalue weighted by molar-refractivity contribution is -0.131. The molecule has 1 heterocycles. The molecule has 2 aromatic rings. The zero-order valence-corrected chi connectivity index (χ0v) is 14.7. The van der Waals surface area contributed by atoms with E-state index >= 15 is 0 Å². The molecular weight excluding hydrogens is 306 g/mol. The fourth-order valence-corrected chi connectivity index (χ4v) is 2.52. The summed E-state index contributed by atoms with van der Waals surface area (Å²) in [5, 5.41) is 13.3. The third kappa shape index (κ3) is 3.94. The van der Waals surface area contributed by atoms with Gasteiger partial charge in [0.05, 0.1) is 0 Å². The van der Waals surface area contributed by atoms with Gasteiger partial charge >= 0.3 is 0 Å². The molecule has 1 aromatic heterocycles. The summed E-state index contributed by atoms with van der Waals surface area (Å²) in [6.45, 7) is 8.50. The maximum Gasteiger partial charge on any atom is 0.255 e. The Hall–Kier alpha value is -2.34. The van der Waals surface area contributed by atoms with Crippen LogP contribution in [0.4, 0.5) is 5.69 Å². The van der Waals surface area contributed by atoms with Crippen LogP contribution in [-0.4, -0.2) is 45.1 Å². The molecule has 0 aliphatic rings. The van der Waals surface area contributed by atoms with Gasteiger partial charge in [-0.25, -0.2) is 0 Å². The summed E-state index contributed by atoms with van der Waals surface area (Å²) in [5.41, 5.74) is 0.107. The summed E-state index contributed by atoms with van der Waals surface area (Å²) in [5.74, 6) is -0.380. The van der Waals surface area contributed by atoms with Crippen LogP contribution >= 0.6 is 0 Å². The molecule has 130 valence electrons. The lowest BCUT2D eigenvalue weighted by Crippen LogP contribution is -2.36. The monoisotopic (exact) mass is 331 g/mol. The number of carbonyl (C=O) groups is 2. The molecule has 0 saturated heterocycles. The number of likely N-dealkylation sites (N-methyl/N-ethyl adjacent to an activating group) is 1. The van der Waals surface area contributed by atoms with Crippen molar-refractivity contribution in [3.63, 3.8) is 0 Å². The highest BCUT2D eigenvalue weighted by atomic mass is 16.3. The number of rotatable bonds is 6. The van der Waals surface area contributed by atoms with E-state index in [1.165, 1.54) is 13.8 Å². The molecule has 2 N–H and O–H groups in total. The van der Waals surface area contributed by atoms with Crippen molar-refractivity contribution < 1.29 is 14.7 Å². The van der Waals surface area contributed by atoms with E-state index in [2.05, 4.69) is 5.32 Å². The van der Waals surface area contributed by atoms with Crippen LogP contribution in [0.2, 0.25) is 0 Å². The lowest BCUT2D eigenvalue weighted by Gasteiger charge is -2.19. The molecule has 2 rings (SSSR count). The number of benzene rings is 1. The van der Waals surface area contributed by atoms with Gasteiger partial charge in [0, 0.05) is 35.9 Å². The molecule has 0 saturated carbocycles. The number of aromatic nitrogens is 1. The van der Waals surface area contributed by atoms with Crippen molar-refractivity contribution in [1.82, 2.24) is 9.47 Å². The molecule has 0 aliphatic carbocycles. The van der Waals surface area contributed by atoms with Gasteiger partial charge in [0.15, 0.2) is 0 Å². The quantitative estimate of drug-likeness (QED) is 0.852. The van der Waals surface area contributed by atoms with Gasteiger partial charge in [-0.2, -0.15) is 0 Å². The SMILES string of the molecule is CCN(CC)C(=O)Cn1ccc2cc(NC(=O)C(C)(C)O)ccc21. The number of aliphatic hydroxyl groups is 1. The van der Waals surface area contributed by atoms with Gasteiger partial charge in [-0.1, -0.05) is 0 Å². The molecule has 0 atom stereocenters. The Kier molecular flexibility index (Phi) is 5.29. The van der Waals surface area contributed by atoms with Crippen LogP contribution in [0.15, 0.2) is 30.5 Å². The normalized spacial score (nSPS) is 11.5. The number of hydrogen-bond donors (Lipinski definition) is 2. The summed E-state index contributed by atoms with van der Waals surface area (Å²) in [6.07, 6.45) is 1.87. The average molecular weight is 331 g/mol. The van der Waals surface area contributed by atoms with Crippen LogP contribution < -0.4 is 5.32 Å². The summed E-state index contributed by atoms with van der Waals surface area (Å²) in [4.78, 5) is 25.9. The third-order valence-electron chi connectivity index (χ3n) is 4.01. The summed E-state index contributed by atoms with van der Waals surface area (Å²) in [6, 6.07) is 7.37. The molecule has 0 unspecified atom stereocenters. The number of carbonyl (C=O) groups excluding carboxylic acids is 2. The number of anilines is 1. The van der Waals surface area contributed by atoms with Crippen LogP contribution in [0.5, 0.6) is 0 Å². The molecule has 0 bridgehead atoms. The molecule has 0 fully saturated rings. The molecule has 0 spiro atoms. The molecule has 6 nitrogen and oxygen atoms in total. The molecular formula is C18H25N3O3. The second kappa shape index (κ2) is 7.05. The Morgan fingerprint density at radius 2 is 1.88 bits per heavy atom. The van der Waals surface area contributed by atoms with Gasteiger partial charge in [-0.05, 0) is 52.0 Å². The largest absolute Gasteiger partial charge is 0.381 e. The minimum atomic E-state index is -1.43. The van der Waals surface area contributed by atoms with Crippen molar-refractivity contribution in [2.45, 2.75) is 39.8 Å². The van der Waals surface area contributed by atoms with Crippen molar-refractivity contribution in [2.75, 3.05) is 18.4 Å². The average Bonchev–Trinajstić information content (AvgIpc) is 2.90. The van der Waals surface area contributed by atoms with E-state index in [0.717, 1.165) is 10.9 Å². The maximum absolute atomic E-state index is 12.3. The van der Waals surface area contributed by atoms with E-state index in [0.29, 0.717) is 25.3 Å². The minimum absolute atomic E-state index is 0.0805. The van der Waals surface area contributed by atoms with E-state index in [1.54, 1.807) is 11.0 Å². The van der Waals surface area contributed by atoms with Crippen LogP contribution in [0.25, 0.3) is 10.9 Å². The van der Waals surface area contributed by atoms with Crippen LogP contribution in [0, 0.1) is 0 Å². The Balaban J connectivity index is 2.19. The van der Waals surface area contributed by atoms with Gasteiger partial charge in [-0.15, -0.1) is 0 Å². The number of nitrogens with one attached hydrogen (secondary N) is 1. The fourth-order valence-electron chi connectivity index (χ4n) is 2.52. The first-order chi connectivity index (χ1) is 11.3. The predicted molar refractivity (Wildman–Crippen MR) is 94.8 cm³/mol. The lowest BCUT2D eigenvalue weighted by atomic mass is 10.1. The number of fused-ring (bicyclic) bond motifs is 1. The van der Waals surface area contributed by atoms with Gasteiger partial charge in [0.1, 0.15) is 12.1 Å². The standard InChI is InChI=1S/C18H25N3O3/c1-5-20(6-2)16(22)12-21-10-9-13-11-14(7-8-15(13)21)19-17(23)18(3,4)24/h7-11,24H,5-6,12H2,1-4H3,(H,19,23). The van der Waals surface area contributed by atoms with E-state index in [-0.39, 0.29) is 5.91 Å². The maximum atomic E-state index is 12.3. The first-order valence-corrected chi connectivity index (χ1v) is 8.16. The smallest absolute Gasteiger partial charge is 0.255 e. The highest BCUT2D eigenvalue weighted by Crippen LogP contribution is 2.21. The van der Waals surface area contributed by atoms with Gasteiger partial charge in [0.2, 0.25) is 5.91 Å². The van der Waals surface area contributed by atoms with E-state index in [4.69, 9.17) is 0 Å². The topological polar surface area (TPSA) is 74.6 Å².